The van der Waals surface area contributed by atoms with Gasteiger partial charge < -0.3 is 10.8 Å². The topological polar surface area (TPSA) is 46.2 Å². The van der Waals surface area contributed by atoms with Crippen molar-refractivity contribution in [3.8, 4) is 0 Å². The van der Waals surface area contributed by atoms with Crippen LogP contribution in [-0.4, -0.2) is 22.5 Å². The molecule has 4 heteroatoms. The number of aliphatic hydroxyl groups excluding tert-OH is 1. The van der Waals surface area contributed by atoms with Gasteiger partial charge in [0.15, 0.2) is 0 Å². The lowest BCUT2D eigenvalue weighted by molar-refractivity contribution is 0.201. The van der Waals surface area contributed by atoms with Crippen LogP contribution >= 0.6 is 23.4 Å². The molecular formula is C12H18ClNOS. The molecule has 3 N–H and O–H groups in total. The Hall–Kier alpha value is -0.220. The molecule has 0 heterocycles. The van der Waals surface area contributed by atoms with E-state index in [9.17, 15) is 0 Å². The molecule has 0 aliphatic heterocycles. The zero-order valence-corrected chi connectivity index (χ0v) is 11.2. The zero-order chi connectivity index (χ0) is 12.2. The van der Waals surface area contributed by atoms with E-state index in [1.807, 2.05) is 31.2 Å². The largest absolute Gasteiger partial charge is 0.394 e. The third kappa shape index (κ3) is 4.34. The standard InChI is InChI=1S/C12H18ClNOS/c1-9(7-12(2,14)8-15)16-11-6-4-3-5-10(11)13/h3-6,9,15H,7-8,14H2,1-2H3. The van der Waals surface area contributed by atoms with Crippen LogP contribution in [-0.2, 0) is 0 Å². The number of halogens is 1. The van der Waals surface area contributed by atoms with Gasteiger partial charge in [-0.1, -0.05) is 30.7 Å². The zero-order valence-electron chi connectivity index (χ0n) is 9.61. The lowest BCUT2D eigenvalue weighted by Crippen LogP contribution is -2.42. The van der Waals surface area contributed by atoms with Crippen LogP contribution in [0.3, 0.4) is 0 Å². The summed E-state index contributed by atoms with van der Waals surface area (Å²) in [6.45, 7) is 3.95. The van der Waals surface area contributed by atoms with Crippen molar-refractivity contribution in [3.05, 3.63) is 29.3 Å². The molecule has 0 fully saturated rings. The summed E-state index contributed by atoms with van der Waals surface area (Å²) >= 11 is 7.76. The molecule has 2 atom stereocenters. The van der Waals surface area contributed by atoms with Crippen LogP contribution < -0.4 is 5.73 Å². The van der Waals surface area contributed by atoms with Crippen molar-refractivity contribution >= 4 is 23.4 Å². The van der Waals surface area contributed by atoms with Crippen molar-refractivity contribution in [1.29, 1.82) is 0 Å². The van der Waals surface area contributed by atoms with E-state index in [2.05, 4.69) is 6.92 Å². The molecule has 2 unspecified atom stereocenters. The summed E-state index contributed by atoms with van der Waals surface area (Å²) in [5.74, 6) is 0. The second kappa shape index (κ2) is 5.92. The van der Waals surface area contributed by atoms with Crippen LogP contribution in [0.5, 0.6) is 0 Å². The van der Waals surface area contributed by atoms with Gasteiger partial charge in [0, 0.05) is 15.7 Å². The lowest BCUT2D eigenvalue weighted by atomic mass is 9.99. The molecule has 1 rings (SSSR count). The molecule has 2 nitrogen and oxygen atoms in total. The van der Waals surface area contributed by atoms with Crippen molar-refractivity contribution in [2.45, 2.75) is 36.0 Å². The predicted molar refractivity (Wildman–Crippen MR) is 71.1 cm³/mol. The van der Waals surface area contributed by atoms with Crippen LogP contribution in [0, 0.1) is 0 Å². The highest BCUT2D eigenvalue weighted by Gasteiger charge is 2.21. The van der Waals surface area contributed by atoms with E-state index in [0.717, 1.165) is 16.3 Å². The molecule has 0 saturated heterocycles. The second-order valence-electron chi connectivity index (χ2n) is 4.38. The first kappa shape index (κ1) is 13.8. The highest BCUT2D eigenvalue weighted by molar-refractivity contribution is 8.00. The van der Waals surface area contributed by atoms with Gasteiger partial charge in [-0.2, -0.15) is 0 Å². The van der Waals surface area contributed by atoms with Crippen LogP contribution in [0.25, 0.3) is 0 Å². The molecular weight excluding hydrogens is 242 g/mol. The summed E-state index contributed by atoms with van der Waals surface area (Å²) in [5, 5.41) is 10.2. The SMILES string of the molecule is CC(CC(C)(N)CO)Sc1ccccc1Cl. The second-order valence-corrected chi connectivity index (χ2v) is 6.26. The molecule has 1 aromatic carbocycles. The van der Waals surface area contributed by atoms with Gasteiger partial charge in [-0.3, -0.25) is 0 Å². The minimum absolute atomic E-state index is 0.000418. The van der Waals surface area contributed by atoms with Crippen molar-refractivity contribution in [3.63, 3.8) is 0 Å². The maximum Gasteiger partial charge on any atom is 0.0608 e. The number of rotatable bonds is 5. The minimum Gasteiger partial charge on any atom is -0.394 e. The molecule has 0 aliphatic carbocycles. The van der Waals surface area contributed by atoms with E-state index >= 15 is 0 Å². The van der Waals surface area contributed by atoms with E-state index in [-0.39, 0.29) is 6.61 Å². The van der Waals surface area contributed by atoms with E-state index in [0.29, 0.717) is 5.25 Å². The Morgan fingerprint density at radius 3 is 2.69 bits per heavy atom. The van der Waals surface area contributed by atoms with Gasteiger partial charge in [-0.05, 0) is 25.5 Å². The Morgan fingerprint density at radius 1 is 1.50 bits per heavy atom. The third-order valence-corrected chi connectivity index (χ3v) is 3.90. The number of benzene rings is 1. The first-order valence-corrected chi connectivity index (χ1v) is 6.51. The van der Waals surface area contributed by atoms with Crippen LogP contribution in [0.1, 0.15) is 20.3 Å². The highest BCUT2D eigenvalue weighted by atomic mass is 35.5. The summed E-state index contributed by atoms with van der Waals surface area (Å²) in [6.07, 6.45) is 0.749. The Bertz CT molecular complexity index is 344. The normalized spacial score (nSPS) is 16.8. The average Bonchev–Trinajstić information content (AvgIpc) is 2.21. The molecule has 1 aromatic rings. The van der Waals surface area contributed by atoms with Gasteiger partial charge in [0.2, 0.25) is 0 Å². The van der Waals surface area contributed by atoms with Gasteiger partial charge in [0.05, 0.1) is 11.6 Å². The Balaban J connectivity index is 2.58. The molecule has 0 aliphatic rings. The van der Waals surface area contributed by atoms with Crippen LogP contribution in [0.15, 0.2) is 29.2 Å². The number of hydrogen-bond donors (Lipinski definition) is 2. The van der Waals surface area contributed by atoms with Crippen LogP contribution in [0.4, 0.5) is 0 Å². The summed E-state index contributed by atoms with van der Waals surface area (Å²) in [4.78, 5) is 1.06. The molecule has 0 saturated carbocycles. The molecule has 0 bridgehead atoms. The molecule has 16 heavy (non-hydrogen) atoms. The van der Waals surface area contributed by atoms with E-state index in [4.69, 9.17) is 22.4 Å². The summed E-state index contributed by atoms with van der Waals surface area (Å²) in [5.41, 5.74) is 5.39. The maximum atomic E-state index is 9.10. The van der Waals surface area contributed by atoms with E-state index < -0.39 is 5.54 Å². The smallest absolute Gasteiger partial charge is 0.0608 e. The summed E-state index contributed by atoms with van der Waals surface area (Å²) < 4.78 is 0. The monoisotopic (exact) mass is 259 g/mol. The minimum atomic E-state index is -0.520. The van der Waals surface area contributed by atoms with Crippen molar-refractivity contribution in [2.75, 3.05) is 6.61 Å². The Kier molecular flexibility index (Phi) is 5.12. The lowest BCUT2D eigenvalue weighted by Gasteiger charge is -2.25. The Labute approximate surface area is 106 Å². The third-order valence-electron chi connectivity index (χ3n) is 2.28. The quantitative estimate of drug-likeness (QED) is 0.800. The molecule has 0 spiro atoms. The summed E-state index contributed by atoms with van der Waals surface area (Å²) in [7, 11) is 0. The number of thioether (sulfide) groups is 1. The van der Waals surface area contributed by atoms with Gasteiger partial charge in [0.25, 0.3) is 0 Å². The molecule has 90 valence electrons. The first-order chi connectivity index (χ1) is 7.44. The fraction of sp³-hybridized carbons (Fsp3) is 0.500. The van der Waals surface area contributed by atoms with Gasteiger partial charge in [0.1, 0.15) is 0 Å². The molecule has 0 radical (unpaired) electrons. The average molecular weight is 260 g/mol. The number of nitrogens with two attached hydrogens (primary N) is 1. The van der Waals surface area contributed by atoms with Gasteiger partial charge in [-0.25, -0.2) is 0 Å². The highest BCUT2D eigenvalue weighted by Crippen LogP contribution is 2.32. The Morgan fingerprint density at radius 2 is 2.12 bits per heavy atom. The van der Waals surface area contributed by atoms with Crippen LogP contribution in [0.2, 0.25) is 5.02 Å². The van der Waals surface area contributed by atoms with Crippen molar-refractivity contribution in [1.82, 2.24) is 0 Å². The van der Waals surface area contributed by atoms with E-state index in [1.165, 1.54) is 0 Å². The van der Waals surface area contributed by atoms with E-state index in [1.54, 1.807) is 11.8 Å². The van der Waals surface area contributed by atoms with Gasteiger partial charge >= 0.3 is 0 Å². The first-order valence-electron chi connectivity index (χ1n) is 5.25. The molecule has 0 aromatic heterocycles. The predicted octanol–water partition coefficient (Wildman–Crippen LogP) is 2.92. The molecule has 0 amide bonds. The summed E-state index contributed by atoms with van der Waals surface area (Å²) in [6, 6.07) is 7.76. The van der Waals surface area contributed by atoms with Crippen molar-refractivity contribution in [2.24, 2.45) is 5.73 Å². The number of hydrogen-bond acceptors (Lipinski definition) is 3. The van der Waals surface area contributed by atoms with Crippen molar-refractivity contribution < 1.29 is 5.11 Å². The number of aliphatic hydroxyl groups is 1. The van der Waals surface area contributed by atoms with Gasteiger partial charge in [-0.15, -0.1) is 11.8 Å². The maximum absolute atomic E-state index is 9.10. The fourth-order valence-electron chi connectivity index (χ4n) is 1.52. The fourth-order valence-corrected chi connectivity index (χ4v) is 3.02.